The SMILES string of the molecule is CCCC(CN1CCC(N2CCCCC2)C1)NC. The second kappa shape index (κ2) is 7.46. The van der Waals surface area contributed by atoms with Crippen molar-refractivity contribution in [2.45, 2.75) is 57.5 Å². The van der Waals surface area contributed by atoms with Crippen molar-refractivity contribution < 1.29 is 0 Å². The van der Waals surface area contributed by atoms with Crippen LogP contribution in [-0.2, 0) is 0 Å². The molecule has 0 aromatic heterocycles. The summed E-state index contributed by atoms with van der Waals surface area (Å²) in [5, 5.41) is 3.47. The molecule has 3 nitrogen and oxygen atoms in total. The van der Waals surface area contributed by atoms with Gasteiger partial charge in [0.1, 0.15) is 0 Å². The average molecular weight is 253 g/mol. The lowest BCUT2D eigenvalue weighted by Crippen LogP contribution is -2.43. The van der Waals surface area contributed by atoms with E-state index in [4.69, 9.17) is 0 Å². The van der Waals surface area contributed by atoms with Gasteiger partial charge in [-0.1, -0.05) is 19.8 Å². The summed E-state index contributed by atoms with van der Waals surface area (Å²) in [4.78, 5) is 5.42. The topological polar surface area (TPSA) is 18.5 Å². The first-order valence-electron chi connectivity index (χ1n) is 7.97. The summed E-state index contributed by atoms with van der Waals surface area (Å²) in [5.41, 5.74) is 0. The van der Waals surface area contributed by atoms with E-state index >= 15 is 0 Å². The minimum Gasteiger partial charge on any atom is -0.316 e. The van der Waals surface area contributed by atoms with Crippen LogP contribution in [0.5, 0.6) is 0 Å². The van der Waals surface area contributed by atoms with E-state index in [0.717, 1.165) is 6.04 Å². The van der Waals surface area contributed by atoms with E-state index in [1.165, 1.54) is 71.2 Å². The Labute approximate surface area is 113 Å². The van der Waals surface area contributed by atoms with Gasteiger partial charge in [-0.2, -0.15) is 0 Å². The van der Waals surface area contributed by atoms with E-state index in [0.29, 0.717) is 6.04 Å². The van der Waals surface area contributed by atoms with Crippen molar-refractivity contribution in [2.75, 3.05) is 39.8 Å². The molecule has 2 aliphatic rings. The highest BCUT2D eigenvalue weighted by Gasteiger charge is 2.29. The summed E-state index contributed by atoms with van der Waals surface area (Å²) < 4.78 is 0. The zero-order valence-electron chi connectivity index (χ0n) is 12.3. The third kappa shape index (κ3) is 3.94. The maximum Gasteiger partial charge on any atom is 0.0235 e. The second-order valence-corrected chi connectivity index (χ2v) is 6.07. The number of hydrogen-bond acceptors (Lipinski definition) is 3. The summed E-state index contributed by atoms with van der Waals surface area (Å²) >= 11 is 0. The fourth-order valence-electron chi connectivity index (χ4n) is 3.55. The van der Waals surface area contributed by atoms with Crippen molar-refractivity contribution >= 4 is 0 Å². The van der Waals surface area contributed by atoms with Crippen LogP contribution < -0.4 is 5.32 Å². The molecule has 0 aliphatic carbocycles. The zero-order valence-corrected chi connectivity index (χ0v) is 12.3. The van der Waals surface area contributed by atoms with Gasteiger partial charge in [-0.25, -0.2) is 0 Å². The van der Waals surface area contributed by atoms with Crippen LogP contribution in [0.4, 0.5) is 0 Å². The van der Waals surface area contributed by atoms with Crippen molar-refractivity contribution in [1.29, 1.82) is 0 Å². The van der Waals surface area contributed by atoms with Crippen molar-refractivity contribution in [2.24, 2.45) is 0 Å². The predicted molar refractivity (Wildman–Crippen MR) is 78.0 cm³/mol. The molecule has 0 aromatic carbocycles. The van der Waals surface area contributed by atoms with Gasteiger partial charge in [0.05, 0.1) is 0 Å². The lowest BCUT2D eigenvalue weighted by Gasteiger charge is -2.32. The third-order valence-corrected chi connectivity index (χ3v) is 4.68. The molecule has 2 rings (SSSR count). The van der Waals surface area contributed by atoms with Gasteiger partial charge in [0.15, 0.2) is 0 Å². The van der Waals surface area contributed by atoms with Crippen LogP contribution >= 0.6 is 0 Å². The maximum atomic E-state index is 3.47. The fraction of sp³-hybridized carbons (Fsp3) is 1.00. The van der Waals surface area contributed by atoms with Crippen LogP contribution in [0.3, 0.4) is 0 Å². The van der Waals surface area contributed by atoms with Crippen molar-refractivity contribution in [3.8, 4) is 0 Å². The molecule has 0 radical (unpaired) electrons. The molecule has 1 N–H and O–H groups in total. The molecule has 0 aromatic rings. The maximum absolute atomic E-state index is 3.47. The van der Waals surface area contributed by atoms with Crippen LogP contribution in [-0.4, -0.2) is 61.7 Å². The summed E-state index contributed by atoms with van der Waals surface area (Å²) in [6.45, 7) is 8.84. The number of nitrogens with zero attached hydrogens (tertiary/aromatic N) is 2. The summed E-state index contributed by atoms with van der Waals surface area (Å²) in [7, 11) is 2.11. The first-order chi connectivity index (χ1) is 8.83. The zero-order chi connectivity index (χ0) is 12.8. The highest BCUT2D eigenvalue weighted by molar-refractivity contribution is 4.86. The Kier molecular flexibility index (Phi) is 5.93. The highest BCUT2D eigenvalue weighted by atomic mass is 15.3. The number of rotatable bonds is 6. The molecule has 2 unspecified atom stereocenters. The van der Waals surface area contributed by atoms with E-state index in [9.17, 15) is 0 Å². The van der Waals surface area contributed by atoms with Crippen molar-refractivity contribution in [1.82, 2.24) is 15.1 Å². The Morgan fingerprint density at radius 2 is 1.94 bits per heavy atom. The Balaban J connectivity index is 1.73. The Morgan fingerprint density at radius 3 is 2.61 bits per heavy atom. The van der Waals surface area contributed by atoms with Crippen LogP contribution in [0, 0.1) is 0 Å². The van der Waals surface area contributed by atoms with Crippen molar-refractivity contribution in [3.63, 3.8) is 0 Å². The molecule has 0 bridgehead atoms. The largest absolute Gasteiger partial charge is 0.316 e. The Hall–Kier alpha value is -0.120. The average Bonchev–Trinajstić information content (AvgIpc) is 2.88. The van der Waals surface area contributed by atoms with Gasteiger partial charge < -0.3 is 10.2 Å². The van der Waals surface area contributed by atoms with Crippen molar-refractivity contribution in [3.05, 3.63) is 0 Å². The molecular weight excluding hydrogens is 222 g/mol. The summed E-state index contributed by atoms with van der Waals surface area (Å²) in [6.07, 6.45) is 8.28. The fourth-order valence-corrected chi connectivity index (χ4v) is 3.55. The van der Waals surface area contributed by atoms with E-state index in [2.05, 4.69) is 29.1 Å². The van der Waals surface area contributed by atoms with E-state index in [1.54, 1.807) is 0 Å². The number of piperidine rings is 1. The molecule has 2 heterocycles. The Bertz CT molecular complexity index is 226. The van der Waals surface area contributed by atoms with Gasteiger partial charge in [0, 0.05) is 25.2 Å². The quantitative estimate of drug-likeness (QED) is 0.780. The molecule has 2 aliphatic heterocycles. The molecule has 0 spiro atoms. The summed E-state index contributed by atoms with van der Waals surface area (Å²) in [6, 6.07) is 1.54. The Morgan fingerprint density at radius 1 is 1.17 bits per heavy atom. The second-order valence-electron chi connectivity index (χ2n) is 6.07. The lowest BCUT2D eigenvalue weighted by molar-refractivity contribution is 0.160. The molecule has 0 amide bonds. The standard InChI is InChI=1S/C15H31N3/c1-3-7-14(16-2)12-17-11-8-15(13-17)18-9-5-4-6-10-18/h14-16H,3-13H2,1-2H3. The van der Waals surface area contributed by atoms with Gasteiger partial charge in [-0.05, 0) is 52.4 Å². The molecule has 2 saturated heterocycles. The van der Waals surface area contributed by atoms with Gasteiger partial charge in [0.25, 0.3) is 0 Å². The smallest absolute Gasteiger partial charge is 0.0235 e. The van der Waals surface area contributed by atoms with Crippen LogP contribution in [0.2, 0.25) is 0 Å². The van der Waals surface area contributed by atoms with Gasteiger partial charge in [0.2, 0.25) is 0 Å². The molecule has 2 atom stereocenters. The van der Waals surface area contributed by atoms with Gasteiger partial charge in [-0.15, -0.1) is 0 Å². The van der Waals surface area contributed by atoms with E-state index in [1.807, 2.05) is 0 Å². The number of likely N-dealkylation sites (N-methyl/N-ethyl adjacent to an activating group) is 1. The number of likely N-dealkylation sites (tertiary alicyclic amines) is 2. The highest BCUT2D eigenvalue weighted by Crippen LogP contribution is 2.20. The monoisotopic (exact) mass is 253 g/mol. The third-order valence-electron chi connectivity index (χ3n) is 4.68. The molecule has 0 saturated carbocycles. The molecule has 3 heteroatoms. The van der Waals surface area contributed by atoms with Gasteiger partial charge in [-0.3, -0.25) is 4.90 Å². The van der Waals surface area contributed by atoms with E-state index in [-0.39, 0.29) is 0 Å². The minimum atomic E-state index is 0.690. The lowest BCUT2D eigenvalue weighted by atomic mass is 10.1. The number of nitrogens with one attached hydrogen (secondary N) is 1. The normalized spacial score (nSPS) is 28.7. The van der Waals surface area contributed by atoms with E-state index < -0.39 is 0 Å². The predicted octanol–water partition coefficient (Wildman–Crippen LogP) is 1.93. The van der Waals surface area contributed by atoms with Gasteiger partial charge >= 0.3 is 0 Å². The first kappa shape index (κ1) is 14.3. The molecule has 18 heavy (non-hydrogen) atoms. The molecular formula is C15H31N3. The van der Waals surface area contributed by atoms with Crippen LogP contribution in [0.15, 0.2) is 0 Å². The first-order valence-corrected chi connectivity index (χ1v) is 7.97. The molecule has 106 valence electrons. The van der Waals surface area contributed by atoms with Crippen LogP contribution in [0.25, 0.3) is 0 Å². The minimum absolute atomic E-state index is 0.690. The molecule has 2 fully saturated rings. The summed E-state index contributed by atoms with van der Waals surface area (Å²) in [5.74, 6) is 0. The van der Waals surface area contributed by atoms with Crippen LogP contribution in [0.1, 0.15) is 45.4 Å². The number of hydrogen-bond donors (Lipinski definition) is 1.